The molecule has 106 valence electrons. The van der Waals surface area contributed by atoms with Crippen LogP contribution in [0.4, 0.5) is 17.3 Å². The van der Waals surface area contributed by atoms with Gasteiger partial charge in [-0.3, -0.25) is 0 Å². The highest BCUT2D eigenvalue weighted by Crippen LogP contribution is 2.30. The molecule has 0 aliphatic heterocycles. The van der Waals surface area contributed by atoms with E-state index in [1.165, 1.54) is 6.33 Å². The summed E-state index contributed by atoms with van der Waals surface area (Å²) in [6.07, 6.45) is 1.36. The molecular formula is C14H13N5O2. The molecular weight excluding hydrogens is 270 g/mol. The second kappa shape index (κ2) is 5.49. The fourth-order valence-corrected chi connectivity index (χ4v) is 1.71. The van der Waals surface area contributed by atoms with Crippen LogP contribution in [0.2, 0.25) is 0 Å². The van der Waals surface area contributed by atoms with Gasteiger partial charge in [0.15, 0.2) is 11.6 Å². The molecule has 2 aromatic heterocycles. The van der Waals surface area contributed by atoms with Gasteiger partial charge in [0.25, 0.3) is 0 Å². The molecule has 3 rings (SSSR count). The lowest BCUT2D eigenvalue weighted by atomic mass is 10.3. The number of para-hydroxylation sites is 1. The number of anilines is 3. The Labute approximate surface area is 120 Å². The Morgan fingerprint density at radius 1 is 1.19 bits per heavy atom. The molecule has 0 saturated heterocycles. The number of nitrogens with two attached hydrogens (primary N) is 1. The topological polar surface area (TPSA) is 99.1 Å². The summed E-state index contributed by atoms with van der Waals surface area (Å²) in [7, 11) is 0. The minimum absolute atomic E-state index is 0.277. The Bertz CT molecular complexity index is 742. The molecule has 0 aliphatic carbocycles. The zero-order chi connectivity index (χ0) is 14.7. The van der Waals surface area contributed by atoms with E-state index >= 15 is 0 Å². The van der Waals surface area contributed by atoms with Crippen molar-refractivity contribution < 1.29 is 9.26 Å². The van der Waals surface area contributed by atoms with Crippen molar-refractivity contribution >= 4 is 17.3 Å². The fourth-order valence-electron chi connectivity index (χ4n) is 1.71. The van der Waals surface area contributed by atoms with Gasteiger partial charge in [0.2, 0.25) is 5.88 Å². The van der Waals surface area contributed by atoms with Crippen LogP contribution in [0, 0.1) is 6.92 Å². The summed E-state index contributed by atoms with van der Waals surface area (Å²) in [5.74, 6) is 2.53. The summed E-state index contributed by atoms with van der Waals surface area (Å²) >= 11 is 0. The molecule has 7 heteroatoms. The van der Waals surface area contributed by atoms with Crippen LogP contribution < -0.4 is 15.8 Å². The quantitative estimate of drug-likeness (QED) is 0.759. The van der Waals surface area contributed by atoms with Crippen molar-refractivity contribution in [3.63, 3.8) is 0 Å². The normalized spacial score (nSPS) is 10.3. The van der Waals surface area contributed by atoms with Gasteiger partial charge < -0.3 is 20.3 Å². The Balaban J connectivity index is 1.85. The van der Waals surface area contributed by atoms with Gasteiger partial charge in [0.1, 0.15) is 23.5 Å². The third-order valence-electron chi connectivity index (χ3n) is 2.68. The van der Waals surface area contributed by atoms with Gasteiger partial charge in [0, 0.05) is 6.07 Å². The zero-order valence-corrected chi connectivity index (χ0v) is 11.3. The highest BCUT2D eigenvalue weighted by Gasteiger charge is 2.11. The molecule has 0 spiro atoms. The van der Waals surface area contributed by atoms with E-state index in [-0.39, 0.29) is 5.88 Å². The number of benzene rings is 1. The molecule has 0 aliphatic rings. The van der Waals surface area contributed by atoms with E-state index in [2.05, 4.69) is 20.4 Å². The summed E-state index contributed by atoms with van der Waals surface area (Å²) in [5, 5.41) is 6.78. The number of nitrogens with zero attached hydrogens (tertiary/aromatic N) is 3. The second-order valence-corrected chi connectivity index (χ2v) is 4.30. The minimum Gasteiger partial charge on any atom is -0.437 e. The molecule has 0 radical (unpaired) electrons. The van der Waals surface area contributed by atoms with Gasteiger partial charge in [-0.1, -0.05) is 23.4 Å². The van der Waals surface area contributed by atoms with E-state index < -0.39 is 0 Å². The Hall–Kier alpha value is -3.09. The maximum absolute atomic E-state index is 6.01. The molecule has 0 amide bonds. The molecule has 3 N–H and O–H groups in total. The molecule has 2 heterocycles. The summed E-state index contributed by atoms with van der Waals surface area (Å²) in [5.41, 5.74) is 6.31. The van der Waals surface area contributed by atoms with Crippen LogP contribution in [-0.2, 0) is 0 Å². The van der Waals surface area contributed by atoms with Gasteiger partial charge in [0.05, 0.1) is 0 Å². The summed E-state index contributed by atoms with van der Waals surface area (Å²) in [6, 6.07) is 11.0. The van der Waals surface area contributed by atoms with Crippen molar-refractivity contribution in [3.8, 4) is 11.6 Å². The number of nitrogens with one attached hydrogen (secondary N) is 1. The van der Waals surface area contributed by atoms with E-state index in [1.807, 2.05) is 30.3 Å². The van der Waals surface area contributed by atoms with Crippen LogP contribution >= 0.6 is 0 Å². The molecule has 0 saturated carbocycles. The first-order valence-corrected chi connectivity index (χ1v) is 6.26. The SMILES string of the molecule is Cc1cc(Nc2ncnc(Oc3ccccc3)c2N)no1. The number of aryl methyl sites for hydroxylation is 1. The van der Waals surface area contributed by atoms with Gasteiger partial charge in [-0.25, -0.2) is 4.98 Å². The average Bonchev–Trinajstić information content (AvgIpc) is 2.90. The standard InChI is InChI=1S/C14H13N5O2/c1-9-7-11(19-21-9)18-13-12(15)14(17-8-16-13)20-10-5-3-2-4-6-10/h2-8H,15H2,1H3,(H,16,17,18,19). The summed E-state index contributed by atoms with van der Waals surface area (Å²) in [6.45, 7) is 1.80. The predicted molar refractivity (Wildman–Crippen MR) is 77.5 cm³/mol. The van der Waals surface area contributed by atoms with Gasteiger partial charge in [-0.05, 0) is 19.1 Å². The third-order valence-corrected chi connectivity index (χ3v) is 2.68. The molecule has 3 aromatic rings. The van der Waals surface area contributed by atoms with Gasteiger partial charge >= 0.3 is 0 Å². The predicted octanol–water partition coefficient (Wildman–Crippen LogP) is 2.89. The van der Waals surface area contributed by atoms with Crippen LogP contribution in [0.25, 0.3) is 0 Å². The smallest absolute Gasteiger partial charge is 0.248 e. The van der Waals surface area contributed by atoms with E-state index in [9.17, 15) is 0 Å². The number of nitrogen functional groups attached to an aromatic ring is 1. The molecule has 7 nitrogen and oxygen atoms in total. The highest BCUT2D eigenvalue weighted by molar-refractivity contribution is 5.71. The Kier molecular flexibility index (Phi) is 3.38. The van der Waals surface area contributed by atoms with Crippen molar-refractivity contribution in [2.24, 2.45) is 0 Å². The first-order valence-electron chi connectivity index (χ1n) is 6.26. The Morgan fingerprint density at radius 2 is 2.00 bits per heavy atom. The lowest BCUT2D eigenvalue weighted by molar-refractivity contribution is 0.400. The van der Waals surface area contributed by atoms with Crippen LogP contribution in [-0.4, -0.2) is 15.1 Å². The minimum atomic E-state index is 0.277. The van der Waals surface area contributed by atoms with Crippen molar-refractivity contribution in [2.75, 3.05) is 11.1 Å². The molecule has 1 aromatic carbocycles. The maximum Gasteiger partial charge on any atom is 0.248 e. The number of ether oxygens (including phenoxy) is 1. The first-order chi connectivity index (χ1) is 10.2. The van der Waals surface area contributed by atoms with Crippen molar-refractivity contribution in [3.05, 3.63) is 48.5 Å². The van der Waals surface area contributed by atoms with E-state index in [1.54, 1.807) is 13.0 Å². The molecule has 0 fully saturated rings. The molecule has 0 unspecified atom stereocenters. The van der Waals surface area contributed by atoms with E-state index in [0.29, 0.717) is 28.8 Å². The third kappa shape index (κ3) is 2.92. The lowest BCUT2D eigenvalue weighted by Gasteiger charge is -2.10. The van der Waals surface area contributed by atoms with Crippen molar-refractivity contribution in [1.82, 2.24) is 15.1 Å². The zero-order valence-electron chi connectivity index (χ0n) is 11.3. The average molecular weight is 283 g/mol. The first kappa shape index (κ1) is 12.9. The van der Waals surface area contributed by atoms with Crippen LogP contribution in [0.1, 0.15) is 5.76 Å². The maximum atomic E-state index is 6.01. The molecule has 0 bridgehead atoms. The monoisotopic (exact) mass is 283 g/mol. The summed E-state index contributed by atoms with van der Waals surface area (Å²) in [4.78, 5) is 8.12. The van der Waals surface area contributed by atoms with Crippen LogP contribution in [0.5, 0.6) is 11.6 Å². The van der Waals surface area contributed by atoms with Crippen molar-refractivity contribution in [2.45, 2.75) is 6.92 Å². The molecule has 0 atom stereocenters. The van der Waals surface area contributed by atoms with E-state index in [0.717, 1.165) is 0 Å². The lowest BCUT2D eigenvalue weighted by Crippen LogP contribution is -2.03. The fraction of sp³-hybridized carbons (Fsp3) is 0.0714. The van der Waals surface area contributed by atoms with Crippen molar-refractivity contribution in [1.29, 1.82) is 0 Å². The number of aromatic nitrogens is 3. The largest absolute Gasteiger partial charge is 0.437 e. The highest BCUT2D eigenvalue weighted by atomic mass is 16.5. The number of rotatable bonds is 4. The van der Waals surface area contributed by atoms with Gasteiger partial charge in [-0.15, -0.1) is 0 Å². The second-order valence-electron chi connectivity index (χ2n) is 4.30. The Morgan fingerprint density at radius 3 is 2.71 bits per heavy atom. The summed E-state index contributed by atoms with van der Waals surface area (Å²) < 4.78 is 10.6. The van der Waals surface area contributed by atoms with Gasteiger partial charge in [-0.2, -0.15) is 4.98 Å². The van der Waals surface area contributed by atoms with E-state index in [4.69, 9.17) is 15.0 Å². The van der Waals surface area contributed by atoms with Crippen LogP contribution in [0.15, 0.2) is 47.2 Å². The number of hydrogen-bond donors (Lipinski definition) is 2. The number of hydrogen-bond acceptors (Lipinski definition) is 7. The molecule has 21 heavy (non-hydrogen) atoms. The van der Waals surface area contributed by atoms with Crippen LogP contribution in [0.3, 0.4) is 0 Å².